The van der Waals surface area contributed by atoms with Gasteiger partial charge in [0.2, 0.25) is 0 Å². The van der Waals surface area contributed by atoms with Gasteiger partial charge in [0.15, 0.2) is 17.4 Å². The topological polar surface area (TPSA) is 31.5 Å². The summed E-state index contributed by atoms with van der Waals surface area (Å²) in [6, 6.07) is 0. The van der Waals surface area contributed by atoms with Crippen LogP contribution in [0.15, 0.2) is 0 Å². The fraction of sp³-hybridized carbons (Fsp3) is 0. The van der Waals surface area contributed by atoms with Crippen LogP contribution in [0.4, 0.5) is 0 Å². The minimum Gasteiger partial charge on any atom is -1.00 e. The molecule has 0 rings (SSSR count). The van der Waals surface area contributed by atoms with Crippen molar-refractivity contribution in [3.05, 3.63) is 0 Å². The van der Waals surface area contributed by atoms with Gasteiger partial charge in [0.25, 0.3) is 0 Å². The minimum atomic E-state index is 0. The molecule has 0 amide bonds. The zero-order valence-electron chi connectivity index (χ0n) is 5.21. The summed E-state index contributed by atoms with van der Waals surface area (Å²) < 4.78 is 0. The van der Waals surface area contributed by atoms with E-state index in [1.807, 2.05) is 0 Å². The van der Waals surface area contributed by atoms with Crippen molar-refractivity contribution in [2.45, 2.75) is 0 Å². The molecule has 0 bridgehead atoms. The molecule has 0 heterocycles. The molecule has 0 unspecified atom stereocenters. The van der Waals surface area contributed by atoms with E-state index in [9.17, 15) is 0 Å². The zero-order valence-corrected chi connectivity index (χ0v) is 3.62. The molecule has 0 radical (unpaired) electrons. The maximum Gasteiger partial charge on any atom is 2.00 e. The molecule has 20 valence electrons. The Bertz CT molecular complexity index is 14.9. The Labute approximate surface area is 68.7 Å². The van der Waals surface area contributed by atoms with Crippen LogP contribution >= 0.6 is 0 Å². The Morgan fingerprint density at radius 2 is 1.25 bits per heavy atom. The molecule has 2 N–H and O–H groups in total. The summed E-state index contributed by atoms with van der Waals surface area (Å²) in [4.78, 5) is 0. The fourth-order valence-electron chi connectivity index (χ4n) is 0. The first-order chi connectivity index (χ1) is 0. The second-order valence-electron chi connectivity index (χ2n) is 0. The van der Waals surface area contributed by atoms with Gasteiger partial charge in [-0.25, -0.2) is 0 Å². The largest absolute Gasteiger partial charge is 2.00 e. The average molecular weight is 82.3 g/mol. The molecule has 4 heteroatoms. The third-order valence-corrected chi connectivity index (χ3v) is 0. The van der Waals surface area contributed by atoms with Crippen LogP contribution in [0.3, 0.4) is 0 Å². The fourth-order valence-corrected chi connectivity index (χ4v) is 0. The van der Waals surface area contributed by atoms with Crippen LogP contribution in [0, 0.1) is 0 Å². The van der Waals surface area contributed by atoms with Gasteiger partial charge in [-0.1, -0.05) is 0 Å². The van der Waals surface area contributed by atoms with E-state index >= 15 is 0 Å². The maximum atomic E-state index is 0. The Balaban J connectivity index is 0. The van der Waals surface area contributed by atoms with Crippen molar-refractivity contribution in [2.24, 2.45) is 0 Å². The van der Waals surface area contributed by atoms with Crippen LogP contribution in [0.1, 0.15) is 4.28 Å². The smallest absolute Gasteiger partial charge is 1.00 e. The second-order valence-corrected chi connectivity index (χ2v) is 0. The first kappa shape index (κ1) is 40.1. The van der Waals surface area contributed by atoms with E-state index in [2.05, 4.69) is 0 Å². The predicted molar refractivity (Wildman–Crippen MR) is 22.6 cm³/mol. The van der Waals surface area contributed by atoms with Crippen molar-refractivity contribution in [3.63, 3.8) is 0 Å². The van der Waals surface area contributed by atoms with E-state index in [1.54, 1.807) is 0 Å². The Kier molecular flexibility index (Phi) is 210. The van der Waals surface area contributed by atoms with E-state index in [0.29, 0.717) is 0 Å². The summed E-state index contributed by atoms with van der Waals surface area (Å²) in [6.45, 7) is 0. The van der Waals surface area contributed by atoms with Crippen molar-refractivity contribution in [2.75, 3.05) is 0 Å². The molecule has 0 aliphatic rings. The van der Waals surface area contributed by atoms with E-state index < -0.39 is 0 Å². The van der Waals surface area contributed by atoms with Crippen molar-refractivity contribution in [1.82, 2.24) is 0 Å². The van der Waals surface area contributed by atoms with Crippen LogP contribution in [0.2, 0.25) is 0 Å². The number of hydrogen-bond acceptors (Lipinski definition) is 0. The minimum absolute atomic E-state index is 0. The molecule has 0 aliphatic carbocycles. The molecule has 0 aliphatic heterocycles. The Hall–Kier alpha value is 1.86. The Morgan fingerprint density at radius 1 is 1.25 bits per heavy atom. The van der Waals surface area contributed by atoms with Gasteiger partial charge < -0.3 is 9.76 Å². The monoisotopic (exact) mass is 82.0 g/mol. The molecule has 0 saturated carbocycles. The SMILES string of the molecule is O.[AlH3].[H-].[H-].[H-].[Li+].[Mg+2]. The van der Waals surface area contributed by atoms with Crippen molar-refractivity contribution in [3.8, 4) is 0 Å². The summed E-state index contributed by atoms with van der Waals surface area (Å²) in [6.07, 6.45) is 0. The molecule has 0 saturated heterocycles. The van der Waals surface area contributed by atoms with E-state index in [0.717, 1.165) is 0 Å². The molecule has 0 fully saturated rings. The Morgan fingerprint density at radius 3 is 1.25 bits per heavy atom. The van der Waals surface area contributed by atoms with Crippen molar-refractivity contribution in [1.29, 1.82) is 0 Å². The summed E-state index contributed by atoms with van der Waals surface area (Å²) in [7, 11) is 0. The van der Waals surface area contributed by atoms with Gasteiger partial charge in [-0.15, -0.1) is 0 Å². The number of rotatable bonds is 0. The third kappa shape index (κ3) is 9.13. The number of hydrogen-bond donors (Lipinski definition) is 0. The van der Waals surface area contributed by atoms with Crippen molar-refractivity contribution < 1.29 is 28.6 Å². The molecule has 0 aromatic rings. The van der Waals surface area contributed by atoms with Crippen LogP contribution in [0.5, 0.6) is 0 Å². The van der Waals surface area contributed by atoms with Crippen LogP contribution < -0.4 is 18.9 Å². The second kappa shape index (κ2) is 21.0. The predicted octanol–water partition coefficient (Wildman–Crippen LogP) is -5.05. The van der Waals surface area contributed by atoms with E-state index in [1.165, 1.54) is 0 Å². The summed E-state index contributed by atoms with van der Waals surface area (Å²) in [5.74, 6) is 0. The quantitative estimate of drug-likeness (QED) is 0.262. The third-order valence-electron chi connectivity index (χ3n) is 0. The maximum absolute atomic E-state index is 0. The van der Waals surface area contributed by atoms with Gasteiger partial charge in [-0.3, -0.25) is 0 Å². The van der Waals surface area contributed by atoms with Gasteiger partial charge in [-0.2, -0.15) is 0 Å². The standard InChI is InChI=1S/Al.Li.Mg.H2O.6H/h;;;1H2;;;;;;/q;+1;+2;;;;;3*-1. The van der Waals surface area contributed by atoms with Crippen LogP contribution in [-0.4, -0.2) is 45.9 Å². The van der Waals surface area contributed by atoms with Gasteiger partial charge >= 0.3 is 41.9 Å². The van der Waals surface area contributed by atoms with Gasteiger partial charge in [-0.05, 0) is 0 Å². The van der Waals surface area contributed by atoms with E-state index in [-0.39, 0.29) is 69.0 Å². The molecule has 0 spiro atoms. The molecule has 0 aromatic carbocycles. The molecule has 1 nitrogen and oxygen atoms in total. The first-order valence-electron chi connectivity index (χ1n) is 0. The molecule has 4 heavy (non-hydrogen) atoms. The first-order valence-corrected chi connectivity index (χ1v) is 0. The van der Waals surface area contributed by atoms with Crippen LogP contribution in [-0.2, 0) is 0 Å². The molecule has 0 aromatic heterocycles. The summed E-state index contributed by atoms with van der Waals surface area (Å²) >= 11 is 0. The van der Waals surface area contributed by atoms with Gasteiger partial charge in [0.1, 0.15) is 0 Å². The van der Waals surface area contributed by atoms with Gasteiger partial charge in [0, 0.05) is 0 Å². The zero-order chi connectivity index (χ0) is 0. The van der Waals surface area contributed by atoms with Crippen LogP contribution in [0.25, 0.3) is 0 Å². The summed E-state index contributed by atoms with van der Waals surface area (Å²) in [5, 5.41) is 0. The molecule has 0 atom stereocenters. The normalized spacial score (nSPS) is 0. The average Bonchev–Trinajstić information content (AvgIpc) is 0. The molecular formula is H8AlLiMgO. The molecular weight excluding hydrogens is 74.2 g/mol. The van der Waals surface area contributed by atoms with Crippen molar-refractivity contribution >= 4 is 40.4 Å². The van der Waals surface area contributed by atoms with E-state index in [4.69, 9.17) is 0 Å². The van der Waals surface area contributed by atoms with Gasteiger partial charge in [0.05, 0.1) is 0 Å². The summed E-state index contributed by atoms with van der Waals surface area (Å²) in [5.41, 5.74) is 0.